The van der Waals surface area contributed by atoms with Gasteiger partial charge in [-0.1, -0.05) is 91.0 Å². The van der Waals surface area contributed by atoms with E-state index in [-0.39, 0.29) is 12.2 Å². The van der Waals surface area contributed by atoms with Gasteiger partial charge in [-0.25, -0.2) is 0 Å². The molecule has 0 saturated carbocycles. The topological polar surface area (TPSA) is 58.7 Å². The number of rotatable bonds is 7. The summed E-state index contributed by atoms with van der Waals surface area (Å²) < 4.78 is 37.7. The summed E-state index contributed by atoms with van der Waals surface area (Å²) in [5, 5.41) is 0. The molecule has 3 aliphatic rings. The molecule has 3 aromatic rings. The Labute approximate surface area is 199 Å². The Kier molecular flexibility index (Phi) is 6.18. The summed E-state index contributed by atoms with van der Waals surface area (Å²) in [6, 6.07) is 30.1. The molecule has 34 heavy (non-hydrogen) atoms. The van der Waals surface area contributed by atoms with Crippen molar-refractivity contribution in [2.45, 2.75) is 49.7 Å². The molecule has 3 fully saturated rings. The van der Waals surface area contributed by atoms with E-state index in [0.29, 0.717) is 26.4 Å². The summed E-state index contributed by atoms with van der Waals surface area (Å²) in [7, 11) is 0. The lowest BCUT2D eigenvalue weighted by Crippen LogP contribution is -2.65. The predicted molar refractivity (Wildman–Crippen MR) is 124 cm³/mol. The van der Waals surface area contributed by atoms with Crippen molar-refractivity contribution < 1.29 is 28.4 Å². The van der Waals surface area contributed by atoms with Gasteiger partial charge >= 0.3 is 0 Å². The summed E-state index contributed by atoms with van der Waals surface area (Å²) in [4.78, 5) is 0. The lowest BCUT2D eigenvalue weighted by atomic mass is 9.88. The van der Waals surface area contributed by atoms with Gasteiger partial charge in [-0.05, 0) is 11.1 Å². The molecule has 3 aliphatic heterocycles. The van der Waals surface area contributed by atoms with Crippen LogP contribution in [0.4, 0.5) is 0 Å². The Morgan fingerprint density at radius 2 is 1.32 bits per heavy atom. The van der Waals surface area contributed by atoms with Crippen molar-refractivity contribution in [2.24, 2.45) is 0 Å². The van der Waals surface area contributed by atoms with Crippen molar-refractivity contribution in [2.75, 3.05) is 13.2 Å². The van der Waals surface area contributed by atoms with E-state index in [2.05, 4.69) is 0 Å². The van der Waals surface area contributed by atoms with Crippen molar-refractivity contribution in [1.82, 2.24) is 0 Å². The standard InChI is InChI=1S/C28H28O6/c1-4-10-20(11-5-1)16-29-25-27(30-17-21-12-6-2-7-13-21)33-23-18-31-26(22-14-8-3-9-15-22)34-24(23)28(25)19-32-28/h1-15,23-27H,16-19H2. The van der Waals surface area contributed by atoms with Crippen LogP contribution in [-0.2, 0) is 41.6 Å². The van der Waals surface area contributed by atoms with Crippen LogP contribution in [0.1, 0.15) is 23.0 Å². The summed E-state index contributed by atoms with van der Waals surface area (Å²) >= 11 is 0. The van der Waals surface area contributed by atoms with Crippen LogP contribution >= 0.6 is 0 Å². The number of hydrogen-bond acceptors (Lipinski definition) is 6. The highest BCUT2D eigenvalue weighted by molar-refractivity contribution is 5.20. The van der Waals surface area contributed by atoms with E-state index in [1.165, 1.54) is 0 Å². The van der Waals surface area contributed by atoms with Gasteiger partial charge in [0, 0.05) is 5.56 Å². The highest BCUT2D eigenvalue weighted by Gasteiger charge is 2.68. The zero-order valence-electron chi connectivity index (χ0n) is 18.8. The van der Waals surface area contributed by atoms with Gasteiger partial charge in [-0.3, -0.25) is 0 Å². The highest BCUT2D eigenvalue weighted by Crippen LogP contribution is 2.49. The zero-order valence-corrected chi connectivity index (χ0v) is 18.8. The second-order valence-corrected chi connectivity index (χ2v) is 8.93. The maximum absolute atomic E-state index is 6.44. The highest BCUT2D eigenvalue weighted by atomic mass is 16.8. The minimum Gasteiger partial charge on any atom is -0.365 e. The van der Waals surface area contributed by atoms with Gasteiger partial charge < -0.3 is 28.4 Å². The summed E-state index contributed by atoms with van der Waals surface area (Å²) in [6.45, 7) is 1.77. The Morgan fingerprint density at radius 3 is 1.94 bits per heavy atom. The van der Waals surface area contributed by atoms with E-state index >= 15 is 0 Å². The molecule has 176 valence electrons. The first-order valence-corrected chi connectivity index (χ1v) is 11.7. The Morgan fingerprint density at radius 1 is 0.735 bits per heavy atom. The molecular formula is C28H28O6. The maximum atomic E-state index is 6.44. The van der Waals surface area contributed by atoms with Gasteiger partial charge in [0.2, 0.25) is 0 Å². The summed E-state index contributed by atoms with van der Waals surface area (Å²) in [5.41, 5.74) is 2.50. The normalized spacial score (nSPS) is 32.3. The van der Waals surface area contributed by atoms with Gasteiger partial charge in [0.25, 0.3) is 0 Å². The summed E-state index contributed by atoms with van der Waals surface area (Å²) in [5.74, 6) is 0. The Bertz CT molecular complexity index is 1060. The van der Waals surface area contributed by atoms with Crippen molar-refractivity contribution in [3.05, 3.63) is 108 Å². The van der Waals surface area contributed by atoms with Crippen LogP contribution in [0, 0.1) is 0 Å². The maximum Gasteiger partial charge on any atom is 0.187 e. The first-order chi connectivity index (χ1) is 16.8. The van der Waals surface area contributed by atoms with Gasteiger partial charge in [-0.15, -0.1) is 0 Å². The van der Waals surface area contributed by atoms with Crippen molar-refractivity contribution in [3.63, 3.8) is 0 Å². The Hall–Kier alpha value is -2.58. The monoisotopic (exact) mass is 460 g/mol. The molecule has 1 spiro atoms. The molecule has 6 unspecified atom stereocenters. The van der Waals surface area contributed by atoms with E-state index in [4.69, 9.17) is 28.4 Å². The third-order valence-electron chi connectivity index (χ3n) is 6.62. The van der Waals surface area contributed by atoms with E-state index in [9.17, 15) is 0 Å². The minimum absolute atomic E-state index is 0.306. The van der Waals surface area contributed by atoms with Crippen LogP contribution in [0.25, 0.3) is 0 Å². The zero-order chi connectivity index (χ0) is 22.8. The lowest BCUT2D eigenvalue weighted by Gasteiger charge is -2.48. The molecule has 6 atom stereocenters. The number of epoxide rings is 1. The number of hydrogen-bond donors (Lipinski definition) is 0. The first-order valence-electron chi connectivity index (χ1n) is 11.7. The number of fused-ring (bicyclic) bond motifs is 2. The molecule has 3 saturated heterocycles. The number of ether oxygens (including phenoxy) is 6. The molecule has 3 aromatic carbocycles. The van der Waals surface area contributed by atoms with Crippen LogP contribution in [0.3, 0.4) is 0 Å². The van der Waals surface area contributed by atoms with Crippen LogP contribution in [0.2, 0.25) is 0 Å². The molecule has 0 aromatic heterocycles. The molecule has 0 amide bonds. The van der Waals surface area contributed by atoms with E-state index in [1.807, 2.05) is 91.0 Å². The van der Waals surface area contributed by atoms with Gasteiger partial charge in [0.05, 0.1) is 26.4 Å². The van der Waals surface area contributed by atoms with Crippen LogP contribution < -0.4 is 0 Å². The molecule has 3 heterocycles. The molecule has 0 N–H and O–H groups in total. The molecule has 6 nitrogen and oxygen atoms in total. The van der Waals surface area contributed by atoms with Crippen molar-refractivity contribution in [3.8, 4) is 0 Å². The summed E-state index contributed by atoms with van der Waals surface area (Å²) in [6.07, 6.45) is -2.13. The minimum atomic E-state index is -0.629. The second-order valence-electron chi connectivity index (χ2n) is 8.93. The van der Waals surface area contributed by atoms with Gasteiger partial charge in [0.1, 0.15) is 18.3 Å². The Balaban J connectivity index is 1.23. The molecule has 0 bridgehead atoms. The predicted octanol–water partition coefficient (Wildman–Crippen LogP) is 4.40. The SMILES string of the molecule is c1ccc(COC2OC3COC(c4ccccc4)OC3C3(CO3)C2OCc2ccccc2)cc1. The molecular weight excluding hydrogens is 432 g/mol. The van der Waals surface area contributed by atoms with E-state index in [0.717, 1.165) is 16.7 Å². The third kappa shape index (κ3) is 4.41. The third-order valence-corrected chi connectivity index (χ3v) is 6.62. The molecule has 0 radical (unpaired) electrons. The van der Waals surface area contributed by atoms with Gasteiger partial charge in [-0.2, -0.15) is 0 Å². The molecule has 6 heteroatoms. The van der Waals surface area contributed by atoms with E-state index in [1.54, 1.807) is 0 Å². The van der Waals surface area contributed by atoms with E-state index < -0.39 is 24.3 Å². The van der Waals surface area contributed by atoms with Crippen molar-refractivity contribution >= 4 is 0 Å². The molecule has 0 aliphatic carbocycles. The number of benzene rings is 3. The lowest BCUT2D eigenvalue weighted by molar-refractivity contribution is -0.362. The van der Waals surface area contributed by atoms with Gasteiger partial charge in [0.15, 0.2) is 18.2 Å². The average Bonchev–Trinajstić information content (AvgIpc) is 3.70. The smallest absolute Gasteiger partial charge is 0.187 e. The fraction of sp³-hybridized carbons (Fsp3) is 0.357. The largest absolute Gasteiger partial charge is 0.365 e. The fourth-order valence-corrected chi connectivity index (χ4v) is 4.76. The van der Waals surface area contributed by atoms with Crippen molar-refractivity contribution in [1.29, 1.82) is 0 Å². The van der Waals surface area contributed by atoms with Crippen LogP contribution in [-0.4, -0.2) is 43.4 Å². The quantitative estimate of drug-likeness (QED) is 0.487. The second kappa shape index (κ2) is 9.58. The van der Waals surface area contributed by atoms with Crippen LogP contribution in [0.5, 0.6) is 0 Å². The van der Waals surface area contributed by atoms with Crippen LogP contribution in [0.15, 0.2) is 91.0 Å². The average molecular weight is 461 g/mol. The molecule has 6 rings (SSSR count). The fourth-order valence-electron chi connectivity index (χ4n) is 4.76. The first kappa shape index (κ1) is 21.9.